The zero-order valence-corrected chi connectivity index (χ0v) is 17.8. The number of benzene rings is 1. The van der Waals surface area contributed by atoms with Crippen LogP contribution in [0.25, 0.3) is 10.9 Å². The number of rotatable bonds is 4. The zero-order valence-electron chi connectivity index (χ0n) is 17.8. The molecule has 1 aromatic carbocycles. The molecular formula is C26H29N5. The van der Waals surface area contributed by atoms with Crippen molar-refractivity contribution < 1.29 is 0 Å². The van der Waals surface area contributed by atoms with Crippen molar-refractivity contribution in [2.24, 2.45) is 0 Å². The molecule has 0 spiro atoms. The average molecular weight is 412 g/mol. The van der Waals surface area contributed by atoms with Gasteiger partial charge in [0, 0.05) is 53.1 Å². The summed E-state index contributed by atoms with van der Waals surface area (Å²) in [5.74, 6) is 0.632. The second kappa shape index (κ2) is 7.97. The Labute approximate surface area is 182 Å². The topological polar surface area (TPSA) is 60.6 Å². The fourth-order valence-corrected chi connectivity index (χ4v) is 5.74. The first-order valence-corrected chi connectivity index (χ1v) is 11.6. The van der Waals surface area contributed by atoms with Crippen molar-refractivity contribution in [2.45, 2.75) is 57.0 Å². The maximum atomic E-state index is 4.78. The number of aromatic amines is 2. The molecule has 4 aromatic rings. The highest BCUT2D eigenvalue weighted by Crippen LogP contribution is 2.39. The van der Waals surface area contributed by atoms with E-state index in [0.717, 1.165) is 25.2 Å². The molecule has 1 saturated carbocycles. The third-order valence-corrected chi connectivity index (χ3v) is 7.24. The van der Waals surface area contributed by atoms with E-state index in [1.54, 1.807) is 0 Å². The van der Waals surface area contributed by atoms with Crippen LogP contribution in [0.4, 0.5) is 0 Å². The normalized spacial score (nSPS) is 20.2. The molecule has 1 unspecified atom stereocenters. The van der Waals surface area contributed by atoms with Crippen LogP contribution < -0.4 is 0 Å². The summed E-state index contributed by atoms with van der Waals surface area (Å²) in [6, 6.07) is 15.1. The van der Waals surface area contributed by atoms with Gasteiger partial charge in [0.1, 0.15) is 0 Å². The number of fused-ring (bicyclic) bond motifs is 3. The number of nitrogens with zero attached hydrogens (tertiary/aromatic N) is 3. The summed E-state index contributed by atoms with van der Waals surface area (Å²) in [6.07, 6.45) is 11.6. The van der Waals surface area contributed by atoms with Crippen LogP contribution in [0.2, 0.25) is 0 Å². The number of aromatic nitrogens is 4. The summed E-state index contributed by atoms with van der Waals surface area (Å²) in [4.78, 5) is 11.1. The molecule has 0 bridgehead atoms. The van der Waals surface area contributed by atoms with E-state index in [-0.39, 0.29) is 6.04 Å². The predicted molar refractivity (Wildman–Crippen MR) is 123 cm³/mol. The Morgan fingerprint density at radius 3 is 2.71 bits per heavy atom. The molecule has 6 rings (SSSR count). The van der Waals surface area contributed by atoms with E-state index in [2.05, 4.69) is 62.7 Å². The molecule has 0 radical (unpaired) electrons. The minimum Gasteiger partial charge on any atom is -0.357 e. The molecule has 1 aliphatic heterocycles. The van der Waals surface area contributed by atoms with Gasteiger partial charge in [-0.2, -0.15) is 5.10 Å². The summed E-state index contributed by atoms with van der Waals surface area (Å²) in [5, 5.41) is 9.18. The van der Waals surface area contributed by atoms with Gasteiger partial charge < -0.3 is 4.98 Å². The number of para-hydroxylation sites is 1. The Balaban J connectivity index is 1.39. The van der Waals surface area contributed by atoms with Gasteiger partial charge in [0.15, 0.2) is 0 Å². The molecule has 4 heterocycles. The Bertz CT molecular complexity index is 1170. The Morgan fingerprint density at radius 2 is 1.84 bits per heavy atom. The van der Waals surface area contributed by atoms with E-state index in [0.29, 0.717) is 5.92 Å². The first kappa shape index (κ1) is 18.8. The molecule has 1 aliphatic carbocycles. The number of pyridine rings is 1. The molecule has 0 saturated heterocycles. The first-order chi connectivity index (χ1) is 15.4. The molecule has 31 heavy (non-hydrogen) atoms. The van der Waals surface area contributed by atoms with Crippen molar-refractivity contribution in [3.63, 3.8) is 0 Å². The first-order valence-electron chi connectivity index (χ1n) is 11.6. The third kappa shape index (κ3) is 3.37. The van der Waals surface area contributed by atoms with E-state index in [1.807, 2.05) is 12.3 Å². The maximum Gasteiger partial charge on any atom is 0.0933 e. The molecule has 5 nitrogen and oxygen atoms in total. The SMILES string of the molecule is c1ccc(C2c3[nH]c4ccccc4c3CCN2Cc2cn[nH]c2C2CCCCC2)nc1. The zero-order chi connectivity index (χ0) is 20.6. The molecule has 1 fully saturated rings. The van der Waals surface area contributed by atoms with Gasteiger partial charge in [-0.3, -0.25) is 15.0 Å². The van der Waals surface area contributed by atoms with Gasteiger partial charge in [-0.25, -0.2) is 0 Å². The lowest BCUT2D eigenvalue weighted by Gasteiger charge is -2.35. The lowest BCUT2D eigenvalue weighted by Crippen LogP contribution is -2.36. The average Bonchev–Trinajstić information content (AvgIpc) is 3.44. The number of H-pyrrole nitrogens is 2. The minimum absolute atomic E-state index is 0.131. The van der Waals surface area contributed by atoms with E-state index in [4.69, 9.17) is 4.98 Å². The monoisotopic (exact) mass is 411 g/mol. The van der Waals surface area contributed by atoms with Gasteiger partial charge in [-0.15, -0.1) is 0 Å². The van der Waals surface area contributed by atoms with Crippen molar-refractivity contribution in [1.29, 1.82) is 0 Å². The number of hydrogen-bond acceptors (Lipinski definition) is 3. The minimum atomic E-state index is 0.131. The fourth-order valence-electron chi connectivity index (χ4n) is 5.74. The molecular weight excluding hydrogens is 382 g/mol. The standard InChI is InChI=1S/C26H29N5/c1-2-8-18(9-3-1)24-19(16-28-30-24)17-31-15-13-21-20-10-4-5-11-22(20)29-25(21)26(31)23-12-6-7-14-27-23/h4-7,10-12,14,16,18,26,29H,1-3,8-9,13,15,17H2,(H,28,30). The maximum absolute atomic E-state index is 4.78. The quantitative estimate of drug-likeness (QED) is 0.467. The number of nitrogens with one attached hydrogen (secondary N) is 2. The van der Waals surface area contributed by atoms with Gasteiger partial charge >= 0.3 is 0 Å². The van der Waals surface area contributed by atoms with Gasteiger partial charge in [-0.1, -0.05) is 43.5 Å². The summed E-state index contributed by atoms with van der Waals surface area (Å²) >= 11 is 0. The summed E-state index contributed by atoms with van der Waals surface area (Å²) < 4.78 is 0. The molecule has 3 aromatic heterocycles. The fraction of sp³-hybridized carbons (Fsp3) is 0.385. The van der Waals surface area contributed by atoms with Crippen molar-refractivity contribution in [2.75, 3.05) is 6.54 Å². The van der Waals surface area contributed by atoms with Crippen molar-refractivity contribution in [1.82, 2.24) is 25.1 Å². The van der Waals surface area contributed by atoms with Crippen molar-refractivity contribution in [3.05, 3.63) is 83.1 Å². The highest BCUT2D eigenvalue weighted by atomic mass is 15.2. The molecule has 0 amide bonds. The van der Waals surface area contributed by atoms with Crippen LogP contribution in [0.1, 0.15) is 72.3 Å². The summed E-state index contributed by atoms with van der Waals surface area (Å²) in [7, 11) is 0. The van der Waals surface area contributed by atoms with Gasteiger partial charge in [0.2, 0.25) is 0 Å². The largest absolute Gasteiger partial charge is 0.357 e. The molecule has 1 atom stereocenters. The van der Waals surface area contributed by atoms with Crippen LogP contribution in [0.5, 0.6) is 0 Å². The summed E-state index contributed by atoms with van der Waals surface area (Å²) in [5.41, 5.74) is 7.80. The van der Waals surface area contributed by atoms with Gasteiger partial charge in [0.05, 0.1) is 17.9 Å². The second-order valence-corrected chi connectivity index (χ2v) is 9.08. The molecule has 5 heteroatoms. The lowest BCUT2D eigenvalue weighted by molar-refractivity contribution is 0.197. The molecule has 2 aliphatic rings. The lowest BCUT2D eigenvalue weighted by atomic mass is 9.85. The van der Waals surface area contributed by atoms with Crippen LogP contribution in [0.15, 0.2) is 54.9 Å². The van der Waals surface area contributed by atoms with E-state index in [1.165, 1.54) is 65.5 Å². The molecule has 158 valence electrons. The third-order valence-electron chi connectivity index (χ3n) is 7.24. The van der Waals surface area contributed by atoms with Crippen LogP contribution in [-0.4, -0.2) is 31.6 Å². The second-order valence-electron chi connectivity index (χ2n) is 9.08. The van der Waals surface area contributed by atoms with Crippen LogP contribution in [0.3, 0.4) is 0 Å². The molecule has 2 N–H and O–H groups in total. The van der Waals surface area contributed by atoms with Gasteiger partial charge in [0.25, 0.3) is 0 Å². The van der Waals surface area contributed by atoms with Crippen LogP contribution in [-0.2, 0) is 13.0 Å². The highest BCUT2D eigenvalue weighted by molar-refractivity contribution is 5.85. The van der Waals surface area contributed by atoms with Crippen LogP contribution in [0, 0.1) is 0 Å². The van der Waals surface area contributed by atoms with Gasteiger partial charge in [-0.05, 0) is 43.0 Å². The van der Waals surface area contributed by atoms with Crippen molar-refractivity contribution in [3.8, 4) is 0 Å². The Hall–Kier alpha value is -2.92. The predicted octanol–water partition coefficient (Wildman–Crippen LogP) is 5.48. The smallest absolute Gasteiger partial charge is 0.0933 e. The van der Waals surface area contributed by atoms with Crippen LogP contribution >= 0.6 is 0 Å². The summed E-state index contributed by atoms with van der Waals surface area (Å²) in [6.45, 7) is 1.92. The Morgan fingerprint density at radius 1 is 0.968 bits per heavy atom. The van der Waals surface area contributed by atoms with E-state index < -0.39 is 0 Å². The Kier molecular flexibility index (Phi) is 4.84. The number of hydrogen-bond donors (Lipinski definition) is 2. The van der Waals surface area contributed by atoms with Crippen molar-refractivity contribution >= 4 is 10.9 Å². The highest BCUT2D eigenvalue weighted by Gasteiger charge is 2.33. The van der Waals surface area contributed by atoms with E-state index in [9.17, 15) is 0 Å². The van der Waals surface area contributed by atoms with E-state index >= 15 is 0 Å².